The van der Waals surface area contributed by atoms with E-state index in [-0.39, 0.29) is 17.9 Å². The van der Waals surface area contributed by atoms with Crippen molar-refractivity contribution in [2.24, 2.45) is 0 Å². The Kier molecular flexibility index (Phi) is 4.13. The zero-order valence-corrected chi connectivity index (χ0v) is 12.1. The number of amides is 2. The van der Waals surface area contributed by atoms with E-state index in [2.05, 4.69) is 5.32 Å². The predicted octanol–water partition coefficient (Wildman–Crippen LogP) is 1.07. The first-order valence-electron chi connectivity index (χ1n) is 7.19. The van der Waals surface area contributed by atoms with Crippen LogP contribution in [-0.4, -0.2) is 48.1 Å². The van der Waals surface area contributed by atoms with Gasteiger partial charge in [-0.1, -0.05) is 19.8 Å². The van der Waals surface area contributed by atoms with Crippen LogP contribution < -0.4 is 5.32 Å². The van der Waals surface area contributed by atoms with Crippen LogP contribution in [0.5, 0.6) is 0 Å². The van der Waals surface area contributed by atoms with Crippen LogP contribution in [0.1, 0.15) is 46.0 Å². The minimum atomic E-state index is -0.634. The molecule has 2 atom stereocenters. The summed E-state index contributed by atoms with van der Waals surface area (Å²) in [5, 5.41) is 2.97. The second-order valence-corrected chi connectivity index (χ2v) is 5.68. The van der Waals surface area contributed by atoms with Gasteiger partial charge in [0.2, 0.25) is 11.8 Å². The largest absolute Gasteiger partial charge is 0.383 e. The van der Waals surface area contributed by atoms with E-state index in [0.29, 0.717) is 6.61 Å². The van der Waals surface area contributed by atoms with Crippen LogP contribution >= 0.6 is 0 Å². The van der Waals surface area contributed by atoms with E-state index in [0.717, 1.165) is 32.1 Å². The summed E-state index contributed by atoms with van der Waals surface area (Å²) in [6, 6.07) is -0.421. The first-order valence-corrected chi connectivity index (χ1v) is 7.19. The lowest BCUT2D eigenvalue weighted by Crippen LogP contribution is -2.71. The van der Waals surface area contributed by atoms with Crippen LogP contribution in [0.2, 0.25) is 0 Å². The molecule has 1 heterocycles. The number of ether oxygens (including phenoxy) is 1. The fourth-order valence-corrected chi connectivity index (χ4v) is 3.33. The van der Waals surface area contributed by atoms with Crippen molar-refractivity contribution in [1.82, 2.24) is 10.2 Å². The number of rotatable bonds is 4. The Labute approximate surface area is 114 Å². The van der Waals surface area contributed by atoms with Crippen LogP contribution in [0.3, 0.4) is 0 Å². The van der Waals surface area contributed by atoms with E-state index in [1.54, 1.807) is 18.9 Å². The highest BCUT2D eigenvalue weighted by Crippen LogP contribution is 2.35. The van der Waals surface area contributed by atoms with Gasteiger partial charge < -0.3 is 15.0 Å². The molecule has 0 aromatic heterocycles. The minimum Gasteiger partial charge on any atom is -0.383 e. The molecule has 1 aliphatic carbocycles. The van der Waals surface area contributed by atoms with E-state index in [4.69, 9.17) is 4.74 Å². The third-order valence-electron chi connectivity index (χ3n) is 4.48. The van der Waals surface area contributed by atoms with Gasteiger partial charge in [0.05, 0.1) is 12.6 Å². The Morgan fingerprint density at radius 1 is 1.42 bits per heavy atom. The Morgan fingerprint density at radius 3 is 2.58 bits per heavy atom. The van der Waals surface area contributed by atoms with Crippen LogP contribution in [0.15, 0.2) is 0 Å². The number of piperazine rings is 1. The molecule has 1 aliphatic heterocycles. The van der Waals surface area contributed by atoms with E-state index < -0.39 is 11.6 Å². The SMILES string of the molecule is CCC(COC)N1C(=O)C2(CCCC2)NC(=O)C1C. The van der Waals surface area contributed by atoms with Crippen molar-refractivity contribution >= 4 is 11.8 Å². The molecule has 1 N–H and O–H groups in total. The Morgan fingerprint density at radius 2 is 2.05 bits per heavy atom. The summed E-state index contributed by atoms with van der Waals surface area (Å²) in [7, 11) is 1.63. The smallest absolute Gasteiger partial charge is 0.249 e. The summed E-state index contributed by atoms with van der Waals surface area (Å²) < 4.78 is 5.21. The molecule has 2 unspecified atom stereocenters. The Hall–Kier alpha value is -1.10. The maximum Gasteiger partial charge on any atom is 0.249 e. The molecule has 2 fully saturated rings. The third-order valence-corrected chi connectivity index (χ3v) is 4.48. The molecule has 0 aromatic rings. The normalized spacial score (nSPS) is 27.7. The monoisotopic (exact) mass is 268 g/mol. The summed E-state index contributed by atoms with van der Waals surface area (Å²) >= 11 is 0. The van der Waals surface area contributed by atoms with Gasteiger partial charge in [0.25, 0.3) is 0 Å². The van der Waals surface area contributed by atoms with Gasteiger partial charge in [-0.3, -0.25) is 9.59 Å². The molecule has 0 bridgehead atoms. The van der Waals surface area contributed by atoms with Crippen LogP contribution in [0.25, 0.3) is 0 Å². The summed E-state index contributed by atoms with van der Waals surface area (Å²) in [4.78, 5) is 26.8. The van der Waals surface area contributed by atoms with Gasteiger partial charge in [0.1, 0.15) is 11.6 Å². The maximum atomic E-state index is 12.8. The van der Waals surface area contributed by atoms with Crippen molar-refractivity contribution in [2.75, 3.05) is 13.7 Å². The number of hydrogen-bond donors (Lipinski definition) is 1. The van der Waals surface area contributed by atoms with E-state index >= 15 is 0 Å². The number of nitrogens with one attached hydrogen (secondary N) is 1. The molecule has 1 saturated carbocycles. The van der Waals surface area contributed by atoms with E-state index in [1.165, 1.54) is 0 Å². The van der Waals surface area contributed by atoms with Gasteiger partial charge in [-0.25, -0.2) is 0 Å². The molecule has 2 amide bonds. The maximum absolute atomic E-state index is 12.8. The summed E-state index contributed by atoms with van der Waals surface area (Å²) in [5.41, 5.74) is -0.634. The second kappa shape index (κ2) is 5.49. The minimum absolute atomic E-state index is 0.0176. The summed E-state index contributed by atoms with van der Waals surface area (Å²) in [6.07, 6.45) is 4.35. The molecule has 2 aliphatic rings. The Balaban J connectivity index is 2.28. The average molecular weight is 268 g/mol. The first-order chi connectivity index (χ1) is 9.05. The zero-order valence-electron chi connectivity index (χ0n) is 12.1. The lowest BCUT2D eigenvalue weighted by molar-refractivity contribution is -0.158. The summed E-state index contributed by atoms with van der Waals surface area (Å²) in [5.74, 6) is 0.0528. The fraction of sp³-hybridized carbons (Fsp3) is 0.857. The van der Waals surface area contributed by atoms with E-state index in [9.17, 15) is 9.59 Å². The molecule has 0 aromatic carbocycles. The lowest BCUT2D eigenvalue weighted by atomic mass is 9.89. The lowest BCUT2D eigenvalue weighted by Gasteiger charge is -2.46. The third kappa shape index (κ3) is 2.36. The van der Waals surface area contributed by atoms with Gasteiger partial charge in [0, 0.05) is 7.11 Å². The molecule has 5 heteroatoms. The highest BCUT2D eigenvalue weighted by atomic mass is 16.5. The van der Waals surface area contributed by atoms with Gasteiger partial charge in [-0.05, 0) is 26.2 Å². The highest BCUT2D eigenvalue weighted by molar-refractivity contribution is 6.00. The predicted molar refractivity (Wildman–Crippen MR) is 71.6 cm³/mol. The molecule has 2 rings (SSSR count). The van der Waals surface area contributed by atoms with Gasteiger partial charge in [-0.15, -0.1) is 0 Å². The fourth-order valence-electron chi connectivity index (χ4n) is 3.33. The molecule has 5 nitrogen and oxygen atoms in total. The van der Waals surface area contributed by atoms with Crippen molar-refractivity contribution in [1.29, 1.82) is 0 Å². The zero-order chi connectivity index (χ0) is 14.0. The molecule has 0 radical (unpaired) electrons. The van der Waals surface area contributed by atoms with Crippen LogP contribution in [0.4, 0.5) is 0 Å². The van der Waals surface area contributed by atoms with Crippen molar-refractivity contribution < 1.29 is 14.3 Å². The number of carbonyl (C=O) groups excluding carboxylic acids is 2. The Bertz CT molecular complexity index is 364. The molecule has 1 spiro atoms. The highest BCUT2D eigenvalue weighted by Gasteiger charge is 2.52. The van der Waals surface area contributed by atoms with Gasteiger partial charge in [0.15, 0.2) is 0 Å². The summed E-state index contributed by atoms with van der Waals surface area (Å²) in [6.45, 7) is 4.31. The topological polar surface area (TPSA) is 58.6 Å². The quantitative estimate of drug-likeness (QED) is 0.829. The average Bonchev–Trinajstić information content (AvgIpc) is 2.85. The van der Waals surface area contributed by atoms with Crippen molar-refractivity contribution in [3.8, 4) is 0 Å². The van der Waals surface area contributed by atoms with E-state index in [1.807, 2.05) is 6.92 Å². The molecular formula is C14H24N2O3. The first kappa shape index (κ1) is 14.3. The number of carbonyl (C=O) groups is 2. The molecule has 19 heavy (non-hydrogen) atoms. The molecule has 1 saturated heterocycles. The van der Waals surface area contributed by atoms with Gasteiger partial charge in [-0.2, -0.15) is 0 Å². The molecule has 108 valence electrons. The van der Waals surface area contributed by atoms with Crippen molar-refractivity contribution in [2.45, 2.75) is 63.6 Å². The van der Waals surface area contributed by atoms with Crippen LogP contribution in [0, 0.1) is 0 Å². The number of methoxy groups -OCH3 is 1. The van der Waals surface area contributed by atoms with Crippen molar-refractivity contribution in [3.63, 3.8) is 0 Å². The number of hydrogen-bond acceptors (Lipinski definition) is 3. The number of nitrogens with zero attached hydrogens (tertiary/aromatic N) is 1. The second-order valence-electron chi connectivity index (χ2n) is 5.68. The van der Waals surface area contributed by atoms with Crippen LogP contribution in [-0.2, 0) is 14.3 Å². The molecular weight excluding hydrogens is 244 g/mol. The van der Waals surface area contributed by atoms with Crippen molar-refractivity contribution in [3.05, 3.63) is 0 Å². The standard InChI is InChI=1S/C14H24N2O3/c1-4-11(9-19-3)16-10(2)12(17)15-14(13(16)18)7-5-6-8-14/h10-11H,4-9H2,1-3H3,(H,15,17). The van der Waals surface area contributed by atoms with Gasteiger partial charge >= 0.3 is 0 Å².